The highest BCUT2D eigenvalue weighted by Gasteiger charge is 2.45. The Morgan fingerprint density at radius 3 is 2.56 bits per heavy atom. The van der Waals surface area contributed by atoms with Gasteiger partial charge in [-0.2, -0.15) is 13.2 Å². The Morgan fingerprint density at radius 2 is 2.00 bits per heavy atom. The zero-order chi connectivity index (χ0) is 13.2. The number of hydrogen-bond donors (Lipinski definition) is 2. The summed E-state index contributed by atoms with van der Waals surface area (Å²) in [7, 11) is 0. The molecular weight excluding hydrogens is 249 g/mol. The minimum atomic E-state index is -4.39. The molecule has 4 nitrogen and oxygen atoms in total. The number of nitrogens with one attached hydrogen (secondary N) is 1. The highest BCUT2D eigenvalue weighted by molar-refractivity contribution is 5.41. The van der Waals surface area contributed by atoms with Crippen LogP contribution < -0.4 is 15.8 Å². The maximum Gasteiger partial charge on any atom is 0.428 e. The number of ether oxygens (including phenoxy) is 2. The SMILES string of the molecule is Nc1ccc(OC[C@@H]2CN[C@@H](C(F)(F)F)O2)cc1. The third kappa shape index (κ3) is 3.27. The van der Waals surface area contributed by atoms with Crippen LogP contribution in [0.4, 0.5) is 18.9 Å². The molecule has 1 aromatic carbocycles. The van der Waals surface area contributed by atoms with Crippen LogP contribution in [0.1, 0.15) is 0 Å². The molecule has 3 N–H and O–H groups in total. The third-order valence-corrected chi connectivity index (χ3v) is 2.47. The van der Waals surface area contributed by atoms with E-state index < -0.39 is 18.5 Å². The van der Waals surface area contributed by atoms with Gasteiger partial charge in [-0.3, -0.25) is 5.32 Å². The van der Waals surface area contributed by atoms with E-state index in [0.29, 0.717) is 11.4 Å². The molecule has 1 heterocycles. The standard InChI is InChI=1S/C11H13F3N2O2/c12-11(13,14)10-16-5-9(18-10)6-17-8-3-1-7(15)2-4-8/h1-4,9-10,16H,5-6,15H2/t9-,10+/m0/s1. The van der Waals surface area contributed by atoms with Crippen molar-refractivity contribution in [2.45, 2.75) is 18.5 Å². The second-order valence-electron chi connectivity index (χ2n) is 3.97. The second kappa shape index (κ2) is 5.03. The van der Waals surface area contributed by atoms with Gasteiger partial charge in [0.05, 0.1) is 0 Å². The van der Waals surface area contributed by atoms with Crippen molar-refractivity contribution in [1.29, 1.82) is 0 Å². The Morgan fingerprint density at radius 1 is 1.33 bits per heavy atom. The molecule has 2 rings (SSSR count). The average molecular weight is 262 g/mol. The molecule has 0 spiro atoms. The molecule has 1 fully saturated rings. The molecule has 0 radical (unpaired) electrons. The number of halogens is 3. The van der Waals surface area contributed by atoms with Gasteiger partial charge in [-0.1, -0.05) is 0 Å². The predicted molar refractivity (Wildman–Crippen MR) is 59.1 cm³/mol. The molecule has 18 heavy (non-hydrogen) atoms. The highest BCUT2D eigenvalue weighted by Crippen LogP contribution is 2.25. The fourth-order valence-corrected chi connectivity index (χ4v) is 1.57. The van der Waals surface area contributed by atoms with Crippen LogP contribution in [0.5, 0.6) is 5.75 Å². The number of benzene rings is 1. The van der Waals surface area contributed by atoms with Gasteiger partial charge < -0.3 is 15.2 Å². The van der Waals surface area contributed by atoms with E-state index in [4.69, 9.17) is 15.2 Å². The van der Waals surface area contributed by atoms with Gasteiger partial charge in [0.1, 0.15) is 18.5 Å². The normalized spacial score (nSPS) is 24.2. The Labute approximate surface area is 102 Å². The number of anilines is 1. The lowest BCUT2D eigenvalue weighted by Crippen LogP contribution is -2.38. The lowest BCUT2D eigenvalue weighted by molar-refractivity contribution is -0.221. The van der Waals surface area contributed by atoms with Gasteiger partial charge in [-0.15, -0.1) is 0 Å². The number of nitrogens with two attached hydrogens (primary N) is 1. The van der Waals surface area contributed by atoms with E-state index in [9.17, 15) is 13.2 Å². The van der Waals surface area contributed by atoms with Gasteiger partial charge in [0.25, 0.3) is 0 Å². The first-order valence-corrected chi connectivity index (χ1v) is 5.39. The summed E-state index contributed by atoms with van der Waals surface area (Å²) < 4.78 is 47.0. The fraction of sp³-hybridized carbons (Fsp3) is 0.455. The van der Waals surface area contributed by atoms with Crippen molar-refractivity contribution in [3.05, 3.63) is 24.3 Å². The van der Waals surface area contributed by atoms with Gasteiger partial charge in [-0.25, -0.2) is 0 Å². The quantitative estimate of drug-likeness (QED) is 0.811. The Kier molecular flexibility index (Phi) is 3.63. The van der Waals surface area contributed by atoms with Crippen LogP contribution in [-0.2, 0) is 4.74 Å². The van der Waals surface area contributed by atoms with Crippen molar-refractivity contribution in [1.82, 2.24) is 5.32 Å². The molecule has 0 aromatic heterocycles. The molecule has 7 heteroatoms. The summed E-state index contributed by atoms with van der Waals surface area (Å²) in [5.41, 5.74) is 6.09. The predicted octanol–water partition coefficient (Wildman–Crippen LogP) is 1.52. The number of rotatable bonds is 3. The zero-order valence-electron chi connectivity index (χ0n) is 9.41. The van der Waals surface area contributed by atoms with Crippen molar-refractivity contribution >= 4 is 5.69 Å². The molecule has 0 bridgehead atoms. The van der Waals surface area contributed by atoms with Crippen molar-refractivity contribution in [3.8, 4) is 5.75 Å². The minimum absolute atomic E-state index is 0.0590. The molecule has 0 aliphatic carbocycles. The highest BCUT2D eigenvalue weighted by atomic mass is 19.4. The number of nitrogen functional groups attached to an aromatic ring is 1. The van der Waals surface area contributed by atoms with Crippen LogP contribution in [-0.4, -0.2) is 31.7 Å². The zero-order valence-corrected chi connectivity index (χ0v) is 9.41. The van der Waals surface area contributed by atoms with Crippen molar-refractivity contribution in [2.24, 2.45) is 0 Å². The first-order valence-electron chi connectivity index (χ1n) is 5.39. The molecule has 100 valence electrons. The molecule has 1 aliphatic heterocycles. The summed E-state index contributed by atoms with van der Waals surface area (Å²) in [5, 5.41) is 2.24. The first kappa shape index (κ1) is 13.0. The molecule has 0 saturated carbocycles. The first-order chi connectivity index (χ1) is 8.45. The van der Waals surface area contributed by atoms with Crippen LogP contribution in [0.25, 0.3) is 0 Å². The van der Waals surface area contributed by atoms with Crippen LogP contribution in [0, 0.1) is 0 Å². The topological polar surface area (TPSA) is 56.5 Å². The van der Waals surface area contributed by atoms with Crippen molar-refractivity contribution < 1.29 is 22.6 Å². The lowest BCUT2D eigenvalue weighted by Gasteiger charge is -2.15. The number of hydrogen-bond acceptors (Lipinski definition) is 4. The van der Waals surface area contributed by atoms with E-state index >= 15 is 0 Å². The lowest BCUT2D eigenvalue weighted by atomic mass is 10.3. The summed E-state index contributed by atoms with van der Waals surface area (Å²) in [6.45, 7) is 0.169. The van der Waals surface area contributed by atoms with E-state index in [1.54, 1.807) is 24.3 Å². The third-order valence-electron chi connectivity index (χ3n) is 2.47. The monoisotopic (exact) mass is 262 g/mol. The Bertz CT molecular complexity index is 394. The summed E-state index contributed by atoms with van der Waals surface area (Å²) in [5.74, 6) is 0.545. The molecule has 0 unspecified atom stereocenters. The van der Waals surface area contributed by atoms with Crippen molar-refractivity contribution in [2.75, 3.05) is 18.9 Å². The molecule has 1 aliphatic rings. The Balaban J connectivity index is 1.80. The molecule has 0 amide bonds. The van der Waals surface area contributed by atoms with Gasteiger partial charge >= 0.3 is 6.18 Å². The molecule has 2 atom stereocenters. The largest absolute Gasteiger partial charge is 0.491 e. The summed E-state index contributed by atoms with van der Waals surface area (Å²) in [6, 6.07) is 6.61. The summed E-state index contributed by atoms with van der Waals surface area (Å²) >= 11 is 0. The van der Waals surface area contributed by atoms with Gasteiger partial charge in [0, 0.05) is 12.2 Å². The maximum absolute atomic E-state index is 12.3. The molecular formula is C11H13F3N2O2. The van der Waals surface area contributed by atoms with E-state index in [0.717, 1.165) is 0 Å². The van der Waals surface area contributed by atoms with E-state index in [1.807, 2.05) is 0 Å². The molecule has 1 aromatic rings. The summed E-state index contributed by atoms with van der Waals surface area (Å²) in [6.07, 6.45) is -6.91. The van der Waals surface area contributed by atoms with Crippen LogP contribution in [0.3, 0.4) is 0 Å². The van der Waals surface area contributed by atoms with Gasteiger partial charge in [-0.05, 0) is 24.3 Å². The van der Waals surface area contributed by atoms with E-state index in [-0.39, 0.29) is 13.2 Å². The maximum atomic E-state index is 12.3. The van der Waals surface area contributed by atoms with Crippen LogP contribution in [0.2, 0.25) is 0 Å². The van der Waals surface area contributed by atoms with Crippen LogP contribution >= 0.6 is 0 Å². The molecule has 1 saturated heterocycles. The average Bonchev–Trinajstić information content (AvgIpc) is 2.77. The van der Waals surface area contributed by atoms with E-state index in [2.05, 4.69) is 5.32 Å². The van der Waals surface area contributed by atoms with Crippen LogP contribution in [0.15, 0.2) is 24.3 Å². The summed E-state index contributed by atoms with van der Waals surface area (Å²) in [4.78, 5) is 0. The Hall–Kier alpha value is -1.47. The van der Waals surface area contributed by atoms with Gasteiger partial charge in [0.15, 0.2) is 0 Å². The van der Waals surface area contributed by atoms with Crippen molar-refractivity contribution in [3.63, 3.8) is 0 Å². The van der Waals surface area contributed by atoms with Gasteiger partial charge in [0.2, 0.25) is 6.23 Å². The number of alkyl halides is 3. The fourth-order valence-electron chi connectivity index (χ4n) is 1.57. The minimum Gasteiger partial charge on any atom is -0.491 e. The second-order valence-corrected chi connectivity index (χ2v) is 3.97. The van der Waals surface area contributed by atoms with E-state index in [1.165, 1.54) is 0 Å². The smallest absolute Gasteiger partial charge is 0.428 e.